The maximum Gasteiger partial charge on any atom is 0.250 e. The van der Waals surface area contributed by atoms with Gasteiger partial charge < -0.3 is 16.4 Å². The van der Waals surface area contributed by atoms with Crippen LogP contribution >= 0.6 is 0 Å². The van der Waals surface area contributed by atoms with Crippen LogP contribution in [-0.2, 0) is 0 Å². The molecule has 1 atom stereocenters. The average Bonchev–Trinajstić information content (AvgIpc) is 2.30. The number of primary amides is 1. The van der Waals surface area contributed by atoms with Crippen molar-refractivity contribution in [2.45, 2.75) is 32.2 Å². The molecule has 0 saturated carbocycles. The lowest BCUT2D eigenvalue weighted by Crippen LogP contribution is -2.37. The van der Waals surface area contributed by atoms with E-state index < -0.39 is 5.91 Å². The molecule has 1 saturated heterocycles. The van der Waals surface area contributed by atoms with Gasteiger partial charge in [0, 0.05) is 24.0 Å². The number of carbonyl (C=O) groups is 1. The Kier molecular flexibility index (Phi) is 3.22. The van der Waals surface area contributed by atoms with Gasteiger partial charge in [-0.3, -0.25) is 4.79 Å². The van der Waals surface area contributed by atoms with Crippen LogP contribution in [0.3, 0.4) is 0 Å². The van der Waals surface area contributed by atoms with Gasteiger partial charge >= 0.3 is 0 Å². The van der Waals surface area contributed by atoms with Crippen molar-refractivity contribution in [2.75, 3.05) is 17.2 Å². The van der Waals surface area contributed by atoms with Crippen molar-refractivity contribution in [3.05, 3.63) is 23.8 Å². The zero-order valence-electron chi connectivity index (χ0n) is 10.1. The Morgan fingerprint density at radius 3 is 2.82 bits per heavy atom. The first-order valence-electron chi connectivity index (χ1n) is 6.05. The van der Waals surface area contributed by atoms with Gasteiger partial charge in [0.25, 0.3) is 5.91 Å². The Hall–Kier alpha value is -1.71. The molecule has 1 aliphatic rings. The molecule has 1 amide bonds. The highest BCUT2D eigenvalue weighted by Gasteiger charge is 2.19. The van der Waals surface area contributed by atoms with E-state index in [0.29, 0.717) is 17.3 Å². The van der Waals surface area contributed by atoms with Gasteiger partial charge in [0.15, 0.2) is 0 Å². The first kappa shape index (κ1) is 11.8. The molecular formula is C13H19N3O. The third-order valence-corrected chi connectivity index (χ3v) is 3.44. The van der Waals surface area contributed by atoms with Gasteiger partial charge in [0.05, 0.1) is 5.56 Å². The predicted octanol–water partition coefficient (Wildman–Crippen LogP) is 1.75. The number of nitrogens with zero attached hydrogens (tertiary/aromatic N) is 1. The number of rotatable bonds is 2. The van der Waals surface area contributed by atoms with E-state index in [-0.39, 0.29) is 0 Å². The molecule has 1 unspecified atom stereocenters. The van der Waals surface area contributed by atoms with Crippen LogP contribution in [0.1, 0.15) is 36.5 Å². The molecule has 17 heavy (non-hydrogen) atoms. The summed E-state index contributed by atoms with van der Waals surface area (Å²) < 4.78 is 0. The number of hydrogen-bond donors (Lipinski definition) is 2. The summed E-state index contributed by atoms with van der Waals surface area (Å²) in [6, 6.07) is 6.04. The van der Waals surface area contributed by atoms with Crippen LogP contribution in [0, 0.1) is 0 Å². The fourth-order valence-corrected chi connectivity index (χ4v) is 2.42. The topological polar surface area (TPSA) is 72.3 Å². The monoisotopic (exact) mass is 233 g/mol. The number of anilines is 2. The Bertz CT molecular complexity index is 431. The minimum atomic E-state index is -0.464. The van der Waals surface area contributed by atoms with Gasteiger partial charge in [-0.15, -0.1) is 0 Å². The maximum atomic E-state index is 11.3. The summed E-state index contributed by atoms with van der Waals surface area (Å²) in [5.74, 6) is -0.464. The van der Waals surface area contributed by atoms with Crippen LogP contribution in [-0.4, -0.2) is 18.5 Å². The molecule has 4 N–H and O–H groups in total. The van der Waals surface area contributed by atoms with Crippen LogP contribution in [0.15, 0.2) is 18.2 Å². The normalized spacial score (nSPS) is 20.3. The molecule has 0 bridgehead atoms. The van der Waals surface area contributed by atoms with E-state index in [0.717, 1.165) is 12.2 Å². The lowest BCUT2D eigenvalue weighted by molar-refractivity contribution is 0.100. The van der Waals surface area contributed by atoms with Crippen LogP contribution in [0.2, 0.25) is 0 Å². The van der Waals surface area contributed by atoms with Crippen molar-refractivity contribution in [1.82, 2.24) is 0 Å². The molecule has 1 fully saturated rings. The SMILES string of the molecule is CC1CCCCN1c1ccc(N)c(C(N)=O)c1. The minimum absolute atomic E-state index is 0.417. The number of amides is 1. The number of nitrogens with two attached hydrogens (primary N) is 2. The van der Waals surface area contributed by atoms with E-state index in [1.54, 1.807) is 12.1 Å². The summed E-state index contributed by atoms with van der Waals surface area (Å²) in [6.45, 7) is 3.24. The van der Waals surface area contributed by atoms with E-state index in [2.05, 4.69) is 11.8 Å². The molecule has 2 rings (SSSR count). The quantitative estimate of drug-likeness (QED) is 0.764. The Labute approximate surface area is 102 Å². The molecule has 1 aromatic rings. The average molecular weight is 233 g/mol. The highest BCUT2D eigenvalue weighted by molar-refractivity contribution is 5.99. The van der Waals surface area contributed by atoms with E-state index in [4.69, 9.17) is 11.5 Å². The molecule has 1 heterocycles. The standard InChI is InChI=1S/C13H19N3O/c1-9-4-2-3-7-16(9)10-5-6-12(14)11(8-10)13(15)17/h5-6,8-9H,2-4,7,14H2,1H3,(H2,15,17). The lowest BCUT2D eigenvalue weighted by Gasteiger charge is -2.35. The molecule has 1 aliphatic heterocycles. The number of nitrogen functional groups attached to an aromatic ring is 1. The number of benzene rings is 1. The fraction of sp³-hybridized carbons (Fsp3) is 0.462. The third kappa shape index (κ3) is 2.35. The summed E-state index contributed by atoms with van der Waals surface area (Å²) in [5, 5.41) is 0. The van der Waals surface area contributed by atoms with Gasteiger partial charge in [-0.25, -0.2) is 0 Å². The number of hydrogen-bond acceptors (Lipinski definition) is 3. The second-order valence-corrected chi connectivity index (χ2v) is 4.67. The molecule has 0 aliphatic carbocycles. The molecular weight excluding hydrogens is 214 g/mol. The van der Waals surface area contributed by atoms with E-state index in [9.17, 15) is 4.79 Å². The molecule has 0 spiro atoms. The van der Waals surface area contributed by atoms with Crippen molar-refractivity contribution in [3.63, 3.8) is 0 Å². The first-order valence-corrected chi connectivity index (χ1v) is 6.05. The van der Waals surface area contributed by atoms with Crippen molar-refractivity contribution in [2.24, 2.45) is 5.73 Å². The van der Waals surface area contributed by atoms with Crippen molar-refractivity contribution < 1.29 is 4.79 Å². The summed E-state index contributed by atoms with van der Waals surface area (Å²) in [4.78, 5) is 13.6. The zero-order chi connectivity index (χ0) is 12.4. The van der Waals surface area contributed by atoms with E-state index in [1.807, 2.05) is 6.07 Å². The Balaban J connectivity index is 2.32. The van der Waals surface area contributed by atoms with Crippen molar-refractivity contribution >= 4 is 17.3 Å². The third-order valence-electron chi connectivity index (χ3n) is 3.44. The largest absolute Gasteiger partial charge is 0.398 e. The summed E-state index contributed by atoms with van der Waals surface area (Å²) in [6.07, 6.45) is 3.66. The summed E-state index contributed by atoms with van der Waals surface area (Å²) >= 11 is 0. The smallest absolute Gasteiger partial charge is 0.250 e. The second kappa shape index (κ2) is 4.65. The second-order valence-electron chi connectivity index (χ2n) is 4.67. The molecule has 1 aromatic carbocycles. The van der Waals surface area contributed by atoms with E-state index >= 15 is 0 Å². The van der Waals surface area contributed by atoms with Crippen LogP contribution in [0.4, 0.5) is 11.4 Å². The van der Waals surface area contributed by atoms with Crippen molar-refractivity contribution in [1.29, 1.82) is 0 Å². The summed E-state index contributed by atoms with van der Waals surface area (Å²) in [5.41, 5.74) is 13.0. The van der Waals surface area contributed by atoms with Gasteiger partial charge in [-0.2, -0.15) is 0 Å². The van der Waals surface area contributed by atoms with Gasteiger partial charge in [0.2, 0.25) is 0 Å². The Morgan fingerprint density at radius 2 is 2.18 bits per heavy atom. The molecule has 92 valence electrons. The van der Waals surface area contributed by atoms with Crippen molar-refractivity contribution in [3.8, 4) is 0 Å². The molecule has 4 heteroatoms. The lowest BCUT2D eigenvalue weighted by atomic mass is 10.0. The number of carbonyl (C=O) groups excluding carboxylic acids is 1. The van der Waals surface area contributed by atoms with Crippen LogP contribution < -0.4 is 16.4 Å². The van der Waals surface area contributed by atoms with Gasteiger partial charge in [0.1, 0.15) is 0 Å². The first-order chi connectivity index (χ1) is 8.09. The predicted molar refractivity (Wildman–Crippen MR) is 70.0 cm³/mol. The molecule has 0 aromatic heterocycles. The highest BCUT2D eigenvalue weighted by atomic mass is 16.1. The van der Waals surface area contributed by atoms with Gasteiger partial charge in [-0.05, 0) is 44.4 Å². The zero-order valence-corrected chi connectivity index (χ0v) is 10.1. The minimum Gasteiger partial charge on any atom is -0.398 e. The summed E-state index contributed by atoms with van der Waals surface area (Å²) in [7, 11) is 0. The number of piperidine rings is 1. The molecule has 4 nitrogen and oxygen atoms in total. The highest BCUT2D eigenvalue weighted by Crippen LogP contribution is 2.27. The van der Waals surface area contributed by atoms with Gasteiger partial charge in [-0.1, -0.05) is 0 Å². The van der Waals surface area contributed by atoms with Crippen LogP contribution in [0.5, 0.6) is 0 Å². The fourth-order valence-electron chi connectivity index (χ4n) is 2.42. The maximum absolute atomic E-state index is 11.3. The molecule has 0 radical (unpaired) electrons. The van der Waals surface area contributed by atoms with Crippen LogP contribution in [0.25, 0.3) is 0 Å². The van der Waals surface area contributed by atoms with E-state index in [1.165, 1.54) is 19.3 Å². The Morgan fingerprint density at radius 1 is 1.41 bits per heavy atom.